The first kappa shape index (κ1) is 20.1. The van der Waals surface area contributed by atoms with Gasteiger partial charge in [-0.25, -0.2) is 9.97 Å². The van der Waals surface area contributed by atoms with Crippen LogP contribution in [0.25, 0.3) is 11.0 Å². The summed E-state index contributed by atoms with van der Waals surface area (Å²) in [6, 6.07) is 9.09. The lowest BCUT2D eigenvalue weighted by Gasteiger charge is -2.25. The summed E-state index contributed by atoms with van der Waals surface area (Å²) in [5.74, 6) is -1.71. The number of methoxy groups -OCH3 is 1. The fraction of sp³-hybridized carbons (Fsp3) is 0.421. The van der Waals surface area contributed by atoms with E-state index < -0.39 is 11.9 Å². The number of amides is 1. The third kappa shape index (κ3) is 4.31. The minimum Gasteiger partial charge on any atom is -0.468 e. The van der Waals surface area contributed by atoms with Crippen molar-refractivity contribution in [2.45, 2.75) is 19.8 Å². The van der Waals surface area contributed by atoms with Gasteiger partial charge in [-0.2, -0.15) is 5.26 Å². The molecule has 0 spiro atoms. The van der Waals surface area contributed by atoms with Crippen LogP contribution in [-0.2, 0) is 14.3 Å². The molecule has 0 saturated heterocycles. The number of hydrogen-bond donors (Lipinski definition) is 0. The molecule has 0 aliphatic heterocycles. The molecule has 8 heteroatoms. The Hall–Kier alpha value is -3.21. The average molecular weight is 369 g/mol. The van der Waals surface area contributed by atoms with Crippen molar-refractivity contribution in [1.29, 1.82) is 5.26 Å². The van der Waals surface area contributed by atoms with E-state index in [2.05, 4.69) is 9.97 Å². The zero-order valence-corrected chi connectivity index (χ0v) is 16.0. The highest BCUT2D eigenvalue weighted by Crippen LogP contribution is 2.27. The highest BCUT2D eigenvalue weighted by atomic mass is 16.5. The summed E-state index contributed by atoms with van der Waals surface area (Å²) in [6.45, 7) is 5.07. The molecule has 1 heterocycles. The summed E-state index contributed by atoms with van der Waals surface area (Å²) < 4.78 is 4.74. The summed E-state index contributed by atoms with van der Waals surface area (Å²) in [7, 11) is 2.91. The fourth-order valence-corrected chi connectivity index (χ4v) is 2.78. The van der Waals surface area contributed by atoms with Gasteiger partial charge < -0.3 is 14.5 Å². The van der Waals surface area contributed by atoms with E-state index in [1.165, 1.54) is 7.11 Å². The third-order valence-electron chi connectivity index (χ3n) is 4.27. The molecule has 0 aliphatic carbocycles. The Kier molecular flexibility index (Phi) is 6.66. The van der Waals surface area contributed by atoms with Crippen LogP contribution in [0.3, 0.4) is 0 Å². The lowest BCUT2D eigenvalue weighted by Crippen LogP contribution is -2.39. The van der Waals surface area contributed by atoms with Gasteiger partial charge in [-0.1, -0.05) is 12.1 Å². The van der Waals surface area contributed by atoms with Crippen molar-refractivity contribution in [1.82, 2.24) is 14.9 Å². The molecule has 1 amide bonds. The van der Waals surface area contributed by atoms with Crippen LogP contribution < -0.4 is 4.90 Å². The molecule has 0 saturated carbocycles. The number of carbonyl (C=O) groups is 2. The fourth-order valence-electron chi connectivity index (χ4n) is 2.78. The van der Waals surface area contributed by atoms with Gasteiger partial charge in [0.25, 0.3) is 0 Å². The molecule has 0 fully saturated rings. The minimum absolute atomic E-state index is 0.0566. The second-order valence-corrected chi connectivity index (χ2v) is 5.93. The number of rotatable bonds is 7. The number of hydrogen-bond acceptors (Lipinski definition) is 7. The summed E-state index contributed by atoms with van der Waals surface area (Å²) in [6.07, 6.45) is 0. The lowest BCUT2D eigenvalue weighted by molar-refractivity contribution is -0.141. The van der Waals surface area contributed by atoms with E-state index in [9.17, 15) is 14.9 Å². The predicted octanol–water partition coefficient (Wildman–Crippen LogP) is 1.71. The van der Waals surface area contributed by atoms with Crippen molar-refractivity contribution in [2.75, 3.05) is 38.7 Å². The van der Waals surface area contributed by atoms with Gasteiger partial charge in [0.05, 0.1) is 30.8 Å². The maximum absolute atomic E-state index is 12.5. The Morgan fingerprint density at radius 2 is 1.78 bits per heavy atom. The monoisotopic (exact) mass is 369 g/mol. The number of carbonyl (C=O) groups excluding carboxylic acids is 2. The molecule has 2 aromatic rings. The third-order valence-corrected chi connectivity index (χ3v) is 4.27. The first-order valence-corrected chi connectivity index (χ1v) is 8.69. The van der Waals surface area contributed by atoms with E-state index in [0.29, 0.717) is 29.9 Å². The Labute approximate surface area is 158 Å². The van der Waals surface area contributed by atoms with Gasteiger partial charge in [0.2, 0.25) is 5.91 Å². The average Bonchev–Trinajstić information content (AvgIpc) is 2.68. The van der Waals surface area contributed by atoms with E-state index >= 15 is 0 Å². The first-order chi connectivity index (χ1) is 13.0. The quantitative estimate of drug-likeness (QED) is 0.685. The number of ether oxygens (including phenoxy) is 1. The molecule has 142 valence electrons. The normalized spacial score (nSPS) is 11.5. The molecule has 1 aromatic heterocycles. The molecule has 0 N–H and O–H groups in total. The molecule has 1 atom stereocenters. The number of nitriles is 1. The maximum atomic E-state index is 12.5. The van der Waals surface area contributed by atoms with Gasteiger partial charge in [0.1, 0.15) is 5.69 Å². The predicted molar refractivity (Wildman–Crippen MR) is 101 cm³/mol. The van der Waals surface area contributed by atoms with Crippen molar-refractivity contribution in [3.8, 4) is 6.07 Å². The van der Waals surface area contributed by atoms with Crippen molar-refractivity contribution >= 4 is 28.7 Å². The molecular formula is C19H23N5O3. The molecule has 0 radical (unpaired) electrons. The molecule has 2 rings (SSSR count). The van der Waals surface area contributed by atoms with E-state index in [4.69, 9.17) is 4.74 Å². The first-order valence-electron chi connectivity index (χ1n) is 8.69. The van der Waals surface area contributed by atoms with Crippen LogP contribution in [0.1, 0.15) is 25.5 Å². The molecule has 0 aliphatic rings. The van der Waals surface area contributed by atoms with Gasteiger partial charge in [-0.15, -0.1) is 0 Å². The number of benzene rings is 1. The maximum Gasteiger partial charge on any atom is 0.329 e. The van der Waals surface area contributed by atoms with E-state index in [-0.39, 0.29) is 18.1 Å². The second-order valence-electron chi connectivity index (χ2n) is 5.93. The number of nitrogens with zero attached hydrogens (tertiary/aromatic N) is 5. The van der Waals surface area contributed by atoms with Gasteiger partial charge >= 0.3 is 5.97 Å². The van der Waals surface area contributed by atoms with Crippen LogP contribution in [0.4, 0.5) is 5.82 Å². The molecule has 1 unspecified atom stereocenters. The molecule has 1 aromatic carbocycles. The number of para-hydroxylation sites is 2. The van der Waals surface area contributed by atoms with Crippen LogP contribution in [0, 0.1) is 11.3 Å². The highest BCUT2D eigenvalue weighted by Gasteiger charge is 2.29. The van der Waals surface area contributed by atoms with Gasteiger partial charge in [0.15, 0.2) is 11.7 Å². The lowest BCUT2D eigenvalue weighted by atomic mass is 10.1. The minimum atomic E-state index is -1.23. The van der Waals surface area contributed by atoms with Crippen LogP contribution in [-0.4, -0.2) is 60.5 Å². The van der Waals surface area contributed by atoms with Crippen LogP contribution in [0.2, 0.25) is 0 Å². The molecular weight excluding hydrogens is 346 g/mol. The number of aromatic nitrogens is 2. The van der Waals surface area contributed by atoms with E-state index in [1.807, 2.05) is 26.0 Å². The Balaban J connectivity index is 2.52. The zero-order chi connectivity index (χ0) is 20.0. The highest BCUT2D eigenvalue weighted by molar-refractivity contribution is 5.86. The Morgan fingerprint density at radius 3 is 2.30 bits per heavy atom. The summed E-state index contributed by atoms with van der Waals surface area (Å²) in [4.78, 5) is 36.9. The molecule has 8 nitrogen and oxygen atoms in total. The van der Waals surface area contributed by atoms with Crippen molar-refractivity contribution in [3.63, 3.8) is 0 Å². The topological polar surface area (TPSA) is 99.4 Å². The van der Waals surface area contributed by atoms with Crippen molar-refractivity contribution in [2.24, 2.45) is 0 Å². The van der Waals surface area contributed by atoms with Crippen LogP contribution >= 0.6 is 0 Å². The van der Waals surface area contributed by atoms with E-state index in [0.717, 1.165) is 0 Å². The molecule has 27 heavy (non-hydrogen) atoms. The van der Waals surface area contributed by atoms with Crippen LogP contribution in [0.15, 0.2) is 24.3 Å². The second kappa shape index (κ2) is 8.94. The zero-order valence-electron chi connectivity index (χ0n) is 16.0. The number of anilines is 1. The summed E-state index contributed by atoms with van der Waals surface area (Å²) in [5.41, 5.74) is 1.35. The number of esters is 1. The summed E-state index contributed by atoms with van der Waals surface area (Å²) in [5, 5.41) is 9.49. The van der Waals surface area contributed by atoms with Crippen LogP contribution in [0.5, 0.6) is 0 Å². The molecule has 0 bridgehead atoms. The number of fused-ring (bicyclic) bond motifs is 1. The Bertz CT molecular complexity index is 873. The largest absolute Gasteiger partial charge is 0.468 e. The standard InChI is InChI=1S/C19H23N5O3/c1-5-24(6-2)16(25)12-23(3)18-17(13(11-20)19(26)27-4)21-14-9-7-8-10-15(14)22-18/h7-10,13H,5-6,12H2,1-4H3. The van der Waals surface area contributed by atoms with Gasteiger partial charge in [-0.05, 0) is 26.0 Å². The van der Waals surface area contributed by atoms with Gasteiger partial charge in [-0.3, -0.25) is 9.59 Å². The summed E-state index contributed by atoms with van der Waals surface area (Å²) >= 11 is 0. The number of likely N-dealkylation sites (N-methyl/N-ethyl adjacent to an activating group) is 2. The Morgan fingerprint density at radius 1 is 1.19 bits per heavy atom. The van der Waals surface area contributed by atoms with Crippen molar-refractivity contribution < 1.29 is 14.3 Å². The van der Waals surface area contributed by atoms with E-state index in [1.54, 1.807) is 35.0 Å². The van der Waals surface area contributed by atoms with Crippen molar-refractivity contribution in [3.05, 3.63) is 30.0 Å². The smallest absolute Gasteiger partial charge is 0.329 e. The SMILES string of the molecule is CCN(CC)C(=O)CN(C)c1nc2ccccc2nc1C(C#N)C(=O)OC. The van der Waals surface area contributed by atoms with Gasteiger partial charge in [0, 0.05) is 20.1 Å².